The summed E-state index contributed by atoms with van der Waals surface area (Å²) < 4.78 is 0. The summed E-state index contributed by atoms with van der Waals surface area (Å²) in [6.45, 7) is 2.25. The molecule has 0 saturated heterocycles. The second kappa shape index (κ2) is 6.19. The molecule has 0 aliphatic rings. The first kappa shape index (κ1) is 14.2. The summed E-state index contributed by atoms with van der Waals surface area (Å²) in [4.78, 5) is 0. The Labute approximate surface area is 114 Å². The zero-order valence-corrected chi connectivity index (χ0v) is 11.3. The van der Waals surface area contributed by atoms with Crippen molar-refractivity contribution in [1.29, 1.82) is 0 Å². The molecule has 1 aromatic carbocycles. The third-order valence-corrected chi connectivity index (χ3v) is 3.03. The minimum Gasteiger partial charge on any atom is -0.409 e. The highest BCUT2D eigenvalue weighted by Gasteiger charge is 2.11. The van der Waals surface area contributed by atoms with Gasteiger partial charge in [-0.2, -0.15) is 0 Å². The molecule has 0 aliphatic carbocycles. The zero-order chi connectivity index (χ0) is 13.0. The van der Waals surface area contributed by atoms with Crippen LogP contribution in [0.2, 0.25) is 15.1 Å². The van der Waals surface area contributed by atoms with E-state index >= 15 is 0 Å². The molecular weight excluding hydrogens is 284 g/mol. The maximum atomic E-state index is 8.51. The lowest BCUT2D eigenvalue weighted by atomic mass is 10.1. The number of amidine groups is 1. The number of halogens is 3. The Morgan fingerprint density at radius 3 is 2.41 bits per heavy atom. The van der Waals surface area contributed by atoms with Crippen LogP contribution in [0.5, 0.6) is 0 Å². The summed E-state index contributed by atoms with van der Waals surface area (Å²) >= 11 is 17.8. The third kappa shape index (κ3) is 3.84. The number of nitrogens with one attached hydrogen (secondary N) is 1. The van der Waals surface area contributed by atoms with E-state index in [1.165, 1.54) is 0 Å². The fourth-order valence-electron chi connectivity index (χ4n) is 1.17. The number of hydrogen-bond acceptors (Lipinski definition) is 3. The molecule has 1 unspecified atom stereocenters. The van der Waals surface area contributed by atoms with Gasteiger partial charge in [-0.25, -0.2) is 0 Å². The Hall–Kier alpha value is -0.840. The van der Waals surface area contributed by atoms with Gasteiger partial charge in [0.05, 0.1) is 15.7 Å². The van der Waals surface area contributed by atoms with Crippen molar-refractivity contribution in [3.05, 3.63) is 27.2 Å². The average molecular weight is 297 g/mol. The lowest BCUT2D eigenvalue weighted by molar-refractivity contribution is 0.315. The molecule has 7 heteroatoms. The summed E-state index contributed by atoms with van der Waals surface area (Å²) in [6, 6.07) is 3.18. The van der Waals surface area contributed by atoms with E-state index in [1.54, 1.807) is 19.1 Å². The van der Waals surface area contributed by atoms with Gasteiger partial charge in [-0.05, 0) is 12.1 Å². The molecule has 94 valence electrons. The van der Waals surface area contributed by atoms with E-state index in [0.29, 0.717) is 27.3 Å². The van der Waals surface area contributed by atoms with Gasteiger partial charge >= 0.3 is 0 Å². The van der Waals surface area contributed by atoms with Crippen molar-refractivity contribution in [2.24, 2.45) is 16.8 Å². The molecule has 0 saturated carbocycles. The van der Waals surface area contributed by atoms with Gasteiger partial charge in [-0.1, -0.05) is 46.9 Å². The van der Waals surface area contributed by atoms with Crippen LogP contribution >= 0.6 is 34.8 Å². The number of anilines is 1. The minimum absolute atomic E-state index is 0.138. The van der Waals surface area contributed by atoms with Gasteiger partial charge in [0, 0.05) is 17.5 Å². The van der Waals surface area contributed by atoms with Crippen molar-refractivity contribution in [2.75, 3.05) is 11.9 Å². The lowest BCUT2D eigenvalue weighted by Crippen LogP contribution is -2.27. The smallest absolute Gasteiger partial charge is 0.143 e. The summed E-state index contributed by atoms with van der Waals surface area (Å²) in [5.74, 6) is -0.0125. The van der Waals surface area contributed by atoms with Crippen LogP contribution in [-0.4, -0.2) is 17.6 Å². The van der Waals surface area contributed by atoms with Crippen molar-refractivity contribution >= 4 is 46.3 Å². The minimum atomic E-state index is -0.150. The van der Waals surface area contributed by atoms with Crippen LogP contribution in [0, 0.1) is 5.92 Å². The van der Waals surface area contributed by atoms with Crippen LogP contribution in [-0.2, 0) is 0 Å². The van der Waals surface area contributed by atoms with Gasteiger partial charge in [0.2, 0.25) is 0 Å². The second-order valence-electron chi connectivity index (χ2n) is 3.55. The van der Waals surface area contributed by atoms with Crippen molar-refractivity contribution < 1.29 is 5.21 Å². The molecule has 0 fully saturated rings. The number of benzene rings is 1. The zero-order valence-electron chi connectivity index (χ0n) is 9.04. The number of nitrogens with zero attached hydrogens (tertiary/aromatic N) is 1. The topological polar surface area (TPSA) is 70.6 Å². The molecule has 17 heavy (non-hydrogen) atoms. The first-order valence-electron chi connectivity index (χ1n) is 4.81. The van der Waals surface area contributed by atoms with Gasteiger partial charge in [-0.3, -0.25) is 0 Å². The van der Waals surface area contributed by atoms with Crippen molar-refractivity contribution in [3.63, 3.8) is 0 Å². The molecule has 1 aromatic rings. The maximum absolute atomic E-state index is 8.51. The van der Waals surface area contributed by atoms with E-state index in [9.17, 15) is 0 Å². The molecule has 0 heterocycles. The average Bonchev–Trinajstić information content (AvgIpc) is 2.26. The SMILES string of the molecule is CC(CNc1c(Cl)cc(Cl)cc1Cl)C(N)=NO. The van der Waals surface area contributed by atoms with Crippen molar-refractivity contribution in [3.8, 4) is 0 Å². The van der Waals surface area contributed by atoms with E-state index < -0.39 is 0 Å². The van der Waals surface area contributed by atoms with Gasteiger partial charge < -0.3 is 16.3 Å². The number of nitrogens with two attached hydrogens (primary N) is 1. The number of rotatable bonds is 4. The van der Waals surface area contributed by atoms with Gasteiger partial charge in [0.15, 0.2) is 0 Å². The van der Waals surface area contributed by atoms with Crippen LogP contribution in [0.3, 0.4) is 0 Å². The predicted molar refractivity (Wildman–Crippen MR) is 72.5 cm³/mol. The molecule has 0 amide bonds. The summed E-state index contributed by atoms with van der Waals surface area (Å²) in [7, 11) is 0. The molecule has 4 N–H and O–H groups in total. The standard InChI is InChI=1S/C10H12Cl3N3O/c1-5(10(14)16-17)4-15-9-7(12)2-6(11)3-8(9)13/h2-3,5,15,17H,4H2,1H3,(H2,14,16). The van der Waals surface area contributed by atoms with Crippen LogP contribution in [0.15, 0.2) is 17.3 Å². The lowest BCUT2D eigenvalue weighted by Gasteiger charge is -2.14. The highest BCUT2D eigenvalue weighted by molar-refractivity contribution is 6.41. The Bertz CT molecular complexity index is 414. The Balaban J connectivity index is 2.76. The van der Waals surface area contributed by atoms with Gasteiger partial charge in [0.25, 0.3) is 0 Å². The highest BCUT2D eigenvalue weighted by atomic mass is 35.5. The molecule has 0 radical (unpaired) electrons. The fraction of sp³-hybridized carbons (Fsp3) is 0.300. The molecule has 0 bridgehead atoms. The first-order chi connectivity index (χ1) is 7.95. The van der Waals surface area contributed by atoms with E-state index in [-0.39, 0.29) is 11.8 Å². The number of hydrogen-bond donors (Lipinski definition) is 3. The largest absolute Gasteiger partial charge is 0.409 e. The Kier molecular flexibility index (Phi) is 5.18. The monoisotopic (exact) mass is 295 g/mol. The molecule has 0 spiro atoms. The fourth-order valence-corrected chi connectivity index (χ4v) is 2.12. The van der Waals surface area contributed by atoms with Crippen LogP contribution in [0.1, 0.15) is 6.92 Å². The van der Waals surface area contributed by atoms with Crippen LogP contribution < -0.4 is 11.1 Å². The third-order valence-electron chi connectivity index (χ3n) is 2.21. The van der Waals surface area contributed by atoms with Crippen LogP contribution in [0.25, 0.3) is 0 Å². The Morgan fingerprint density at radius 2 is 1.94 bits per heavy atom. The molecule has 1 rings (SSSR count). The predicted octanol–water partition coefficient (Wildman–Crippen LogP) is 3.44. The second-order valence-corrected chi connectivity index (χ2v) is 4.80. The first-order valence-corrected chi connectivity index (χ1v) is 5.95. The van der Waals surface area contributed by atoms with Crippen molar-refractivity contribution in [2.45, 2.75) is 6.92 Å². The maximum Gasteiger partial charge on any atom is 0.143 e. The van der Waals surface area contributed by atoms with E-state index in [2.05, 4.69) is 10.5 Å². The Morgan fingerprint density at radius 1 is 1.41 bits per heavy atom. The number of oxime groups is 1. The summed E-state index contributed by atoms with van der Waals surface area (Å²) in [5, 5.41) is 15.8. The van der Waals surface area contributed by atoms with Crippen molar-refractivity contribution in [1.82, 2.24) is 0 Å². The van der Waals surface area contributed by atoms with Gasteiger partial charge in [0.1, 0.15) is 5.84 Å². The van der Waals surface area contributed by atoms with E-state index in [4.69, 9.17) is 45.7 Å². The molecule has 1 atom stereocenters. The quantitative estimate of drug-likeness (QED) is 0.345. The summed E-state index contributed by atoms with van der Waals surface area (Å²) in [6.07, 6.45) is 0. The van der Waals surface area contributed by atoms with E-state index in [1.807, 2.05) is 0 Å². The molecule has 0 aromatic heterocycles. The summed E-state index contributed by atoms with van der Waals surface area (Å²) in [5.41, 5.74) is 6.03. The van der Waals surface area contributed by atoms with Crippen LogP contribution in [0.4, 0.5) is 5.69 Å². The molecule has 0 aliphatic heterocycles. The molecule has 4 nitrogen and oxygen atoms in total. The van der Waals surface area contributed by atoms with Gasteiger partial charge in [-0.15, -0.1) is 0 Å². The highest BCUT2D eigenvalue weighted by Crippen LogP contribution is 2.33. The molecular formula is C10H12Cl3N3O. The van der Waals surface area contributed by atoms with E-state index in [0.717, 1.165) is 0 Å². The normalized spacial score (nSPS) is 13.5.